The number of halogens is 1. The van der Waals surface area contributed by atoms with Gasteiger partial charge in [-0.05, 0) is 33.8 Å². The lowest BCUT2D eigenvalue weighted by atomic mass is 10.2. The maximum atomic E-state index is 13.0. The monoisotopic (exact) mass is 202 g/mol. The maximum Gasteiger partial charge on any atom is 0.349 e. The molecule has 0 bridgehead atoms. The molecule has 0 aromatic carbocycles. The van der Waals surface area contributed by atoms with Crippen LogP contribution in [0, 0.1) is 0 Å². The minimum Gasteiger partial charge on any atom is -0.457 e. The Labute approximate surface area is 82.9 Å². The highest BCUT2D eigenvalue weighted by Crippen LogP contribution is 2.10. The van der Waals surface area contributed by atoms with Crippen molar-refractivity contribution in [2.24, 2.45) is 0 Å². The minimum atomic E-state index is -2.22. The van der Waals surface area contributed by atoms with Crippen molar-refractivity contribution < 1.29 is 18.7 Å². The number of ether oxygens (including phenoxy) is 1. The van der Waals surface area contributed by atoms with Crippen LogP contribution in [0.5, 0.6) is 0 Å². The van der Waals surface area contributed by atoms with Crippen LogP contribution in [0.1, 0.15) is 27.7 Å². The zero-order chi connectivity index (χ0) is 11.4. The second-order valence-electron chi connectivity index (χ2n) is 3.80. The quantitative estimate of drug-likeness (QED) is 0.398. The summed E-state index contributed by atoms with van der Waals surface area (Å²) in [6.45, 7) is 6.40. The minimum absolute atomic E-state index is 0.780. The fourth-order valence-corrected chi connectivity index (χ4v) is 0.718. The highest BCUT2D eigenvalue weighted by Gasteiger charge is 2.29. The summed E-state index contributed by atoms with van der Waals surface area (Å²) in [5.74, 6) is -2.03. The molecule has 0 radical (unpaired) electrons. The molecule has 0 aromatic rings. The number of alkyl halides is 1. The first-order chi connectivity index (χ1) is 6.28. The van der Waals surface area contributed by atoms with Gasteiger partial charge >= 0.3 is 5.97 Å². The number of allylic oxidation sites excluding steroid dienone is 2. The third-order valence-electron chi connectivity index (χ3n) is 1.19. The van der Waals surface area contributed by atoms with Gasteiger partial charge < -0.3 is 4.74 Å². The molecule has 1 atom stereocenters. The Bertz CT molecular complexity index is 251. The van der Waals surface area contributed by atoms with Gasteiger partial charge in [0.1, 0.15) is 5.60 Å². The summed E-state index contributed by atoms with van der Waals surface area (Å²) in [5.41, 5.74) is -0.780. The number of esters is 1. The third-order valence-corrected chi connectivity index (χ3v) is 1.19. The Kier molecular flexibility index (Phi) is 4.47. The Morgan fingerprint density at radius 3 is 2.21 bits per heavy atom. The molecule has 0 rings (SSSR count). The van der Waals surface area contributed by atoms with Gasteiger partial charge in [0.05, 0.1) is 0 Å². The van der Waals surface area contributed by atoms with Crippen LogP contribution in [-0.4, -0.2) is 23.5 Å². The molecule has 14 heavy (non-hydrogen) atoms. The molecule has 0 saturated heterocycles. The lowest BCUT2D eigenvalue weighted by Crippen LogP contribution is -2.33. The van der Waals surface area contributed by atoms with Crippen molar-refractivity contribution in [3.8, 4) is 0 Å². The first-order valence-corrected chi connectivity index (χ1v) is 4.31. The van der Waals surface area contributed by atoms with Gasteiger partial charge in [-0.1, -0.05) is 6.08 Å². The van der Waals surface area contributed by atoms with E-state index in [0.29, 0.717) is 0 Å². The lowest BCUT2D eigenvalue weighted by Gasteiger charge is -2.20. The molecule has 0 saturated carbocycles. The zero-order valence-electron chi connectivity index (χ0n) is 8.83. The molecular formula is C10H15FO3. The van der Waals surface area contributed by atoms with Crippen molar-refractivity contribution in [2.45, 2.75) is 39.5 Å². The summed E-state index contributed by atoms with van der Waals surface area (Å²) in [5, 5.41) is 0. The normalized spacial score (nSPS) is 14.1. The second kappa shape index (κ2) is 4.88. The van der Waals surface area contributed by atoms with Crippen LogP contribution in [0.2, 0.25) is 0 Å². The van der Waals surface area contributed by atoms with Gasteiger partial charge in [0.25, 0.3) is 6.17 Å². The molecule has 0 fully saturated rings. The smallest absolute Gasteiger partial charge is 0.349 e. The summed E-state index contributed by atoms with van der Waals surface area (Å²) in [6.07, 6.45) is 0.166. The van der Waals surface area contributed by atoms with E-state index in [9.17, 15) is 14.0 Å². The summed E-state index contributed by atoms with van der Waals surface area (Å²) in [4.78, 5) is 21.9. The summed E-state index contributed by atoms with van der Waals surface area (Å²) >= 11 is 0. The van der Waals surface area contributed by atoms with Gasteiger partial charge in [-0.25, -0.2) is 9.18 Å². The first-order valence-electron chi connectivity index (χ1n) is 4.31. The van der Waals surface area contributed by atoms with Crippen LogP contribution in [0.3, 0.4) is 0 Å². The number of hydrogen-bond donors (Lipinski definition) is 0. The summed E-state index contributed by atoms with van der Waals surface area (Å²) in [7, 11) is 0. The van der Waals surface area contributed by atoms with Crippen molar-refractivity contribution in [1.29, 1.82) is 0 Å². The Morgan fingerprint density at radius 1 is 1.36 bits per heavy atom. The third kappa shape index (κ3) is 4.74. The van der Waals surface area contributed by atoms with Crippen LogP contribution in [-0.2, 0) is 14.3 Å². The van der Waals surface area contributed by atoms with Crippen molar-refractivity contribution in [2.75, 3.05) is 0 Å². The molecule has 4 heteroatoms. The number of hydrogen-bond acceptors (Lipinski definition) is 3. The van der Waals surface area contributed by atoms with Crippen molar-refractivity contribution >= 4 is 11.8 Å². The average Bonchev–Trinajstić information content (AvgIpc) is 2.00. The molecule has 0 spiro atoms. The van der Waals surface area contributed by atoms with Gasteiger partial charge in [0.15, 0.2) is 0 Å². The second-order valence-corrected chi connectivity index (χ2v) is 3.80. The fourth-order valence-electron chi connectivity index (χ4n) is 0.718. The SMILES string of the molecule is C/C=C/C(=O)C(F)C(=O)OC(C)(C)C. The van der Waals surface area contributed by atoms with Crippen LogP contribution in [0.15, 0.2) is 12.2 Å². The van der Waals surface area contributed by atoms with Gasteiger partial charge in [0.2, 0.25) is 5.78 Å². The number of carbonyl (C=O) groups is 2. The Balaban J connectivity index is 4.34. The molecule has 1 unspecified atom stereocenters. The largest absolute Gasteiger partial charge is 0.457 e. The molecule has 0 heterocycles. The molecule has 0 aliphatic heterocycles. The standard InChI is InChI=1S/C10H15FO3/c1-5-6-7(12)8(11)9(13)14-10(2,3)4/h5-6,8H,1-4H3/b6-5+. The van der Waals surface area contributed by atoms with E-state index in [4.69, 9.17) is 4.74 Å². The van der Waals surface area contributed by atoms with E-state index in [0.717, 1.165) is 6.08 Å². The van der Waals surface area contributed by atoms with Crippen LogP contribution >= 0.6 is 0 Å². The predicted molar refractivity (Wildman–Crippen MR) is 50.6 cm³/mol. The van der Waals surface area contributed by atoms with E-state index < -0.39 is 23.5 Å². The average molecular weight is 202 g/mol. The summed E-state index contributed by atoms with van der Waals surface area (Å²) < 4.78 is 17.7. The summed E-state index contributed by atoms with van der Waals surface area (Å²) in [6, 6.07) is 0. The number of rotatable bonds is 3. The van der Waals surface area contributed by atoms with Crippen molar-refractivity contribution in [3.63, 3.8) is 0 Å². The molecule has 0 N–H and O–H groups in total. The molecule has 0 aliphatic carbocycles. The molecule has 3 nitrogen and oxygen atoms in total. The van der Waals surface area contributed by atoms with E-state index in [1.165, 1.54) is 6.08 Å². The highest BCUT2D eigenvalue weighted by atomic mass is 19.1. The van der Waals surface area contributed by atoms with Crippen LogP contribution < -0.4 is 0 Å². The van der Waals surface area contributed by atoms with Crippen LogP contribution in [0.25, 0.3) is 0 Å². The van der Waals surface area contributed by atoms with Gasteiger partial charge in [-0.15, -0.1) is 0 Å². The van der Waals surface area contributed by atoms with E-state index in [-0.39, 0.29) is 0 Å². The Morgan fingerprint density at radius 2 is 1.86 bits per heavy atom. The van der Waals surface area contributed by atoms with Crippen molar-refractivity contribution in [1.82, 2.24) is 0 Å². The topological polar surface area (TPSA) is 43.4 Å². The Hall–Kier alpha value is -1.19. The van der Waals surface area contributed by atoms with E-state index in [1.807, 2.05) is 0 Å². The number of ketones is 1. The highest BCUT2D eigenvalue weighted by molar-refractivity contribution is 6.07. The van der Waals surface area contributed by atoms with Gasteiger partial charge in [-0.3, -0.25) is 4.79 Å². The van der Waals surface area contributed by atoms with E-state index in [1.54, 1.807) is 27.7 Å². The molecule has 80 valence electrons. The first kappa shape index (κ1) is 12.8. The van der Waals surface area contributed by atoms with E-state index in [2.05, 4.69) is 0 Å². The van der Waals surface area contributed by atoms with Crippen LogP contribution in [0.4, 0.5) is 4.39 Å². The van der Waals surface area contributed by atoms with Gasteiger partial charge in [0, 0.05) is 0 Å². The zero-order valence-corrected chi connectivity index (χ0v) is 8.83. The molecule has 0 aliphatic rings. The molecule has 0 aromatic heterocycles. The maximum absolute atomic E-state index is 13.0. The number of carbonyl (C=O) groups excluding carboxylic acids is 2. The van der Waals surface area contributed by atoms with Crippen molar-refractivity contribution in [3.05, 3.63) is 12.2 Å². The van der Waals surface area contributed by atoms with E-state index >= 15 is 0 Å². The fraction of sp³-hybridized carbons (Fsp3) is 0.600. The lowest BCUT2D eigenvalue weighted by molar-refractivity contribution is -0.162. The predicted octanol–water partition coefficient (Wildman–Crippen LogP) is 1.81. The molecular weight excluding hydrogens is 187 g/mol. The molecule has 0 amide bonds. The van der Waals surface area contributed by atoms with Gasteiger partial charge in [-0.2, -0.15) is 0 Å².